The van der Waals surface area contributed by atoms with Gasteiger partial charge in [0.15, 0.2) is 0 Å². The summed E-state index contributed by atoms with van der Waals surface area (Å²) in [6, 6.07) is 0. The van der Waals surface area contributed by atoms with E-state index in [2.05, 4.69) is 12.2 Å². The van der Waals surface area contributed by atoms with Crippen LogP contribution in [0.4, 0.5) is 0 Å². The van der Waals surface area contributed by atoms with Crippen LogP contribution in [-0.2, 0) is 0 Å². The Morgan fingerprint density at radius 2 is 0.559 bits per heavy atom. The van der Waals surface area contributed by atoms with Crippen LogP contribution >= 0.6 is 0 Å². The number of unbranched alkanes of at least 4 members (excludes halogenated alkanes) is 26. The normalized spacial score (nSPS) is 11.5. The molecule has 2 heteroatoms. The van der Waals surface area contributed by atoms with Crippen LogP contribution in [0.1, 0.15) is 187 Å². The number of nitrogens with two attached hydrogens (primary N) is 1. The Morgan fingerprint density at radius 3 is 0.824 bits per heavy atom. The van der Waals surface area contributed by atoms with Gasteiger partial charge in [-0.15, -0.1) is 0 Å². The first-order valence-corrected chi connectivity index (χ1v) is 16.3. The van der Waals surface area contributed by atoms with E-state index >= 15 is 0 Å². The van der Waals surface area contributed by atoms with E-state index in [9.17, 15) is 0 Å². The first-order valence-electron chi connectivity index (χ1n) is 16.3. The van der Waals surface area contributed by atoms with Gasteiger partial charge in [-0.1, -0.05) is 167 Å². The third-order valence-corrected chi connectivity index (χ3v) is 7.51. The predicted molar refractivity (Wildman–Crippen MR) is 157 cm³/mol. The summed E-state index contributed by atoms with van der Waals surface area (Å²) >= 11 is 0. The molecule has 0 rings (SSSR count). The first-order chi connectivity index (χ1) is 16.9. The smallest absolute Gasteiger partial charge is 0.00489 e. The summed E-state index contributed by atoms with van der Waals surface area (Å²) in [6.07, 6.45) is 40.1. The summed E-state index contributed by atoms with van der Waals surface area (Å²) in [5.74, 6) is 0. The van der Waals surface area contributed by atoms with Crippen LogP contribution in [0.2, 0.25) is 0 Å². The lowest BCUT2D eigenvalue weighted by molar-refractivity contribution is 0.517. The fourth-order valence-corrected chi connectivity index (χ4v) is 5.09. The topological polar surface area (TPSA) is 38.0 Å². The lowest BCUT2D eigenvalue weighted by Gasteiger charge is -2.06. The SMILES string of the molecule is CCCCCCCCCCCCCCCCNCCCCCCCCCCCCCCCCN. The molecule has 0 amide bonds. The fraction of sp³-hybridized carbons (Fsp3) is 1.00. The van der Waals surface area contributed by atoms with E-state index in [0.29, 0.717) is 0 Å². The minimum atomic E-state index is 0.871. The molecule has 34 heavy (non-hydrogen) atoms. The molecule has 0 atom stereocenters. The van der Waals surface area contributed by atoms with Gasteiger partial charge in [0.25, 0.3) is 0 Å². The molecule has 0 aliphatic heterocycles. The second-order valence-electron chi connectivity index (χ2n) is 11.1. The predicted octanol–water partition coefficient (Wildman–Crippen LogP) is 10.5. The number of rotatable bonds is 31. The minimum Gasteiger partial charge on any atom is -0.330 e. The molecule has 0 aliphatic rings. The van der Waals surface area contributed by atoms with Crippen molar-refractivity contribution in [1.29, 1.82) is 0 Å². The maximum Gasteiger partial charge on any atom is -0.00489 e. The van der Waals surface area contributed by atoms with Crippen LogP contribution < -0.4 is 11.1 Å². The van der Waals surface area contributed by atoms with Crippen LogP contribution in [0.3, 0.4) is 0 Å². The number of hydrogen-bond acceptors (Lipinski definition) is 2. The van der Waals surface area contributed by atoms with E-state index < -0.39 is 0 Å². The van der Waals surface area contributed by atoms with Crippen molar-refractivity contribution in [3.63, 3.8) is 0 Å². The lowest BCUT2D eigenvalue weighted by Crippen LogP contribution is -2.16. The van der Waals surface area contributed by atoms with E-state index in [1.165, 1.54) is 193 Å². The third kappa shape index (κ3) is 31.9. The maximum absolute atomic E-state index is 5.54. The van der Waals surface area contributed by atoms with Crippen LogP contribution in [-0.4, -0.2) is 19.6 Å². The zero-order valence-corrected chi connectivity index (χ0v) is 24.0. The van der Waals surface area contributed by atoms with Gasteiger partial charge < -0.3 is 11.1 Å². The van der Waals surface area contributed by atoms with Crippen LogP contribution in [0.25, 0.3) is 0 Å². The van der Waals surface area contributed by atoms with Crippen molar-refractivity contribution >= 4 is 0 Å². The van der Waals surface area contributed by atoms with E-state index in [1.54, 1.807) is 0 Å². The molecule has 0 aromatic carbocycles. The van der Waals surface area contributed by atoms with Crippen molar-refractivity contribution < 1.29 is 0 Å². The van der Waals surface area contributed by atoms with Crippen LogP contribution in [0.15, 0.2) is 0 Å². The van der Waals surface area contributed by atoms with Crippen molar-refractivity contribution in [3.8, 4) is 0 Å². The Bertz CT molecular complexity index is 299. The average Bonchev–Trinajstić information content (AvgIpc) is 2.85. The molecule has 0 spiro atoms. The Labute approximate surface area is 217 Å². The zero-order chi connectivity index (χ0) is 24.6. The van der Waals surface area contributed by atoms with Gasteiger partial charge in [0.1, 0.15) is 0 Å². The van der Waals surface area contributed by atoms with Crippen molar-refractivity contribution in [2.45, 2.75) is 187 Å². The summed E-state index contributed by atoms with van der Waals surface area (Å²) in [6.45, 7) is 5.65. The van der Waals surface area contributed by atoms with Gasteiger partial charge in [0.05, 0.1) is 0 Å². The quantitative estimate of drug-likeness (QED) is 0.0968. The lowest BCUT2D eigenvalue weighted by atomic mass is 10.0. The molecule has 206 valence electrons. The molecule has 0 bridgehead atoms. The first kappa shape index (κ1) is 33.9. The van der Waals surface area contributed by atoms with E-state index in [4.69, 9.17) is 5.73 Å². The number of nitrogens with one attached hydrogen (secondary N) is 1. The summed E-state index contributed by atoms with van der Waals surface area (Å²) in [5.41, 5.74) is 5.54. The number of hydrogen-bond donors (Lipinski definition) is 2. The van der Waals surface area contributed by atoms with Gasteiger partial charge in [0, 0.05) is 0 Å². The summed E-state index contributed by atoms with van der Waals surface area (Å²) in [7, 11) is 0. The summed E-state index contributed by atoms with van der Waals surface area (Å²) < 4.78 is 0. The molecule has 0 saturated heterocycles. The Kier molecular flexibility index (Phi) is 32.8. The monoisotopic (exact) mass is 481 g/mol. The Hall–Kier alpha value is -0.0800. The fourth-order valence-electron chi connectivity index (χ4n) is 5.09. The van der Waals surface area contributed by atoms with Gasteiger partial charge >= 0.3 is 0 Å². The minimum absolute atomic E-state index is 0.871. The molecular weight excluding hydrogens is 412 g/mol. The Balaban J connectivity index is 2.99. The summed E-state index contributed by atoms with van der Waals surface area (Å²) in [5, 5.41) is 3.67. The van der Waals surface area contributed by atoms with Crippen molar-refractivity contribution in [3.05, 3.63) is 0 Å². The summed E-state index contributed by atoms with van der Waals surface area (Å²) in [4.78, 5) is 0. The van der Waals surface area contributed by atoms with Gasteiger partial charge in [-0.05, 0) is 38.9 Å². The second-order valence-corrected chi connectivity index (χ2v) is 11.1. The molecule has 2 nitrogen and oxygen atoms in total. The van der Waals surface area contributed by atoms with Gasteiger partial charge in [-0.25, -0.2) is 0 Å². The van der Waals surface area contributed by atoms with E-state index in [1.807, 2.05) is 0 Å². The van der Waals surface area contributed by atoms with Gasteiger partial charge in [-0.2, -0.15) is 0 Å². The molecule has 0 aromatic heterocycles. The molecule has 0 unspecified atom stereocenters. The maximum atomic E-state index is 5.54. The Morgan fingerprint density at radius 1 is 0.324 bits per heavy atom. The molecule has 0 radical (unpaired) electrons. The third-order valence-electron chi connectivity index (χ3n) is 7.51. The average molecular weight is 481 g/mol. The van der Waals surface area contributed by atoms with Crippen LogP contribution in [0, 0.1) is 0 Å². The molecule has 0 aliphatic carbocycles. The molecule has 3 N–H and O–H groups in total. The van der Waals surface area contributed by atoms with E-state index in [-0.39, 0.29) is 0 Å². The standard InChI is InChI=1S/C32H68N2/c1-2-3-4-5-6-7-8-9-13-16-19-22-25-28-31-34-32-29-26-23-20-17-14-11-10-12-15-18-21-24-27-30-33/h34H,2-33H2,1H3. The molecule has 0 aromatic rings. The van der Waals surface area contributed by atoms with Crippen molar-refractivity contribution in [1.82, 2.24) is 5.32 Å². The van der Waals surface area contributed by atoms with E-state index in [0.717, 1.165) is 6.54 Å². The van der Waals surface area contributed by atoms with Crippen molar-refractivity contribution in [2.24, 2.45) is 5.73 Å². The molecule has 0 heterocycles. The van der Waals surface area contributed by atoms with Gasteiger partial charge in [-0.3, -0.25) is 0 Å². The van der Waals surface area contributed by atoms with Crippen LogP contribution in [0.5, 0.6) is 0 Å². The highest BCUT2D eigenvalue weighted by Gasteiger charge is 1.96. The highest BCUT2D eigenvalue weighted by Crippen LogP contribution is 2.14. The largest absolute Gasteiger partial charge is 0.330 e. The van der Waals surface area contributed by atoms with Gasteiger partial charge in [0.2, 0.25) is 0 Å². The highest BCUT2D eigenvalue weighted by atomic mass is 14.8. The second kappa shape index (κ2) is 32.9. The zero-order valence-electron chi connectivity index (χ0n) is 24.0. The van der Waals surface area contributed by atoms with Crippen molar-refractivity contribution in [2.75, 3.05) is 19.6 Å². The molecule has 0 fully saturated rings. The highest BCUT2D eigenvalue weighted by molar-refractivity contribution is 4.54. The molecule has 0 saturated carbocycles. The molecular formula is C32H68N2.